The molecule has 2 aromatic heterocycles. The fourth-order valence-electron chi connectivity index (χ4n) is 3.17. The Kier molecular flexibility index (Phi) is 6.38. The summed E-state index contributed by atoms with van der Waals surface area (Å²) in [5.41, 5.74) is 6.53. The fourth-order valence-corrected chi connectivity index (χ4v) is 3.35. The van der Waals surface area contributed by atoms with Gasteiger partial charge in [0, 0.05) is 47.1 Å². The van der Waals surface area contributed by atoms with Gasteiger partial charge in [0.15, 0.2) is 23.1 Å². The lowest BCUT2D eigenvalue weighted by Crippen LogP contribution is -2.21. The van der Waals surface area contributed by atoms with Crippen molar-refractivity contribution in [2.45, 2.75) is 6.92 Å². The number of hydrogen-bond acceptors (Lipinski definition) is 4. The van der Waals surface area contributed by atoms with E-state index >= 15 is 0 Å². The highest BCUT2D eigenvalue weighted by Crippen LogP contribution is 2.21. The van der Waals surface area contributed by atoms with Crippen LogP contribution < -0.4 is 11.2 Å². The van der Waals surface area contributed by atoms with Crippen LogP contribution in [0.1, 0.15) is 12.6 Å². The van der Waals surface area contributed by atoms with Crippen LogP contribution in [0.4, 0.5) is 18.9 Å². The van der Waals surface area contributed by atoms with E-state index < -0.39 is 22.9 Å². The molecule has 34 heavy (non-hydrogen) atoms. The highest BCUT2D eigenvalue weighted by molar-refractivity contribution is 6.30. The largest absolute Gasteiger partial charge is 0.402 e. The SMILES string of the molecule is CC(N)=CC(=Nc1cccc(Cl)c1)c1nn(-c2ccc(-n3cc(F)c(F)c3)cc2F)ccc1=O. The van der Waals surface area contributed by atoms with Gasteiger partial charge in [-0.3, -0.25) is 4.79 Å². The van der Waals surface area contributed by atoms with Crippen molar-refractivity contribution >= 4 is 23.0 Å². The average Bonchev–Trinajstić information content (AvgIpc) is 3.12. The molecule has 0 unspecified atom stereocenters. The standard InChI is InChI=1S/C24H17ClF3N5O/c1-14(29)9-21(30-16-4-2-3-15(25)10-16)24-23(34)7-8-33(31-24)22-6-5-17(11-18(22)26)32-12-19(27)20(28)13-32/h2-13H,29H2,1H3. The molecule has 0 aliphatic rings. The van der Waals surface area contributed by atoms with E-state index in [1.807, 2.05) is 0 Å². The zero-order valence-corrected chi connectivity index (χ0v) is 18.5. The normalized spacial score (nSPS) is 12.3. The molecule has 0 aliphatic heterocycles. The summed E-state index contributed by atoms with van der Waals surface area (Å²) < 4.78 is 43.9. The minimum absolute atomic E-state index is 0.00801. The van der Waals surface area contributed by atoms with Gasteiger partial charge in [-0.25, -0.2) is 22.8 Å². The van der Waals surface area contributed by atoms with Gasteiger partial charge in [0.2, 0.25) is 5.43 Å². The molecule has 4 rings (SSSR count). The molecule has 172 valence electrons. The summed E-state index contributed by atoms with van der Waals surface area (Å²) in [5, 5.41) is 4.73. The molecule has 0 fully saturated rings. The molecule has 0 saturated heterocycles. The third-order valence-corrected chi connectivity index (χ3v) is 4.92. The van der Waals surface area contributed by atoms with Crippen molar-refractivity contribution in [1.82, 2.24) is 14.3 Å². The van der Waals surface area contributed by atoms with Crippen molar-refractivity contribution in [3.05, 3.63) is 117 Å². The number of nitrogens with two attached hydrogens (primary N) is 1. The quantitative estimate of drug-likeness (QED) is 0.402. The predicted molar refractivity (Wildman–Crippen MR) is 125 cm³/mol. The van der Waals surface area contributed by atoms with Gasteiger partial charge in [0.05, 0.1) is 11.4 Å². The second-order valence-corrected chi connectivity index (χ2v) is 7.77. The van der Waals surface area contributed by atoms with E-state index in [1.165, 1.54) is 35.2 Å². The van der Waals surface area contributed by atoms with Crippen LogP contribution in [-0.4, -0.2) is 20.1 Å². The first-order valence-electron chi connectivity index (χ1n) is 9.93. The molecular formula is C24H17ClF3N5O. The molecule has 6 nitrogen and oxygen atoms in total. The zero-order valence-electron chi connectivity index (χ0n) is 17.7. The minimum atomic E-state index is -1.05. The Morgan fingerprint density at radius 1 is 1.06 bits per heavy atom. The van der Waals surface area contributed by atoms with Crippen molar-refractivity contribution < 1.29 is 13.2 Å². The highest BCUT2D eigenvalue weighted by Gasteiger charge is 2.14. The van der Waals surface area contributed by atoms with Gasteiger partial charge in [0.1, 0.15) is 5.69 Å². The monoisotopic (exact) mass is 483 g/mol. The molecule has 2 heterocycles. The maximum atomic E-state index is 14.9. The molecule has 0 spiro atoms. The topological polar surface area (TPSA) is 78.2 Å². The number of aromatic nitrogens is 3. The smallest absolute Gasteiger partial charge is 0.209 e. The van der Waals surface area contributed by atoms with Crippen LogP contribution in [0.25, 0.3) is 11.4 Å². The predicted octanol–water partition coefficient (Wildman–Crippen LogP) is 5.08. The molecular weight excluding hydrogens is 467 g/mol. The number of halogens is 4. The van der Waals surface area contributed by atoms with E-state index in [0.717, 1.165) is 23.0 Å². The first kappa shape index (κ1) is 23.1. The third kappa shape index (κ3) is 4.94. The highest BCUT2D eigenvalue weighted by atomic mass is 35.5. The first-order chi connectivity index (χ1) is 16.2. The summed E-state index contributed by atoms with van der Waals surface area (Å²) in [7, 11) is 0. The molecule has 0 aliphatic carbocycles. The number of aliphatic imine (C=N–C) groups is 1. The van der Waals surface area contributed by atoms with E-state index in [9.17, 15) is 18.0 Å². The maximum absolute atomic E-state index is 14.9. The van der Waals surface area contributed by atoms with Crippen molar-refractivity contribution in [2.24, 2.45) is 10.7 Å². The van der Waals surface area contributed by atoms with E-state index in [1.54, 1.807) is 31.2 Å². The fraction of sp³-hybridized carbons (Fsp3) is 0.0417. The molecule has 0 saturated carbocycles. The summed E-state index contributed by atoms with van der Waals surface area (Å²) in [6, 6.07) is 11.8. The second kappa shape index (κ2) is 9.40. The van der Waals surface area contributed by atoms with Crippen LogP contribution in [0.15, 0.2) is 88.7 Å². The Bertz CT molecular complexity index is 1480. The zero-order chi connectivity index (χ0) is 24.4. The number of benzene rings is 2. The summed E-state index contributed by atoms with van der Waals surface area (Å²) >= 11 is 6.03. The first-order valence-corrected chi connectivity index (χ1v) is 10.3. The maximum Gasteiger partial charge on any atom is 0.209 e. The van der Waals surface area contributed by atoms with Gasteiger partial charge in [-0.1, -0.05) is 17.7 Å². The van der Waals surface area contributed by atoms with Crippen molar-refractivity contribution in [3.63, 3.8) is 0 Å². The van der Waals surface area contributed by atoms with E-state index in [-0.39, 0.29) is 22.8 Å². The Hall–Kier alpha value is -4.11. The molecule has 0 bridgehead atoms. The molecule has 2 N–H and O–H groups in total. The molecule has 0 radical (unpaired) electrons. The summed E-state index contributed by atoms with van der Waals surface area (Å²) in [6.07, 6.45) is 4.58. The Balaban J connectivity index is 1.79. The summed E-state index contributed by atoms with van der Waals surface area (Å²) in [4.78, 5) is 17.1. The van der Waals surface area contributed by atoms with Gasteiger partial charge in [-0.2, -0.15) is 5.10 Å². The molecule has 2 aromatic carbocycles. The Morgan fingerprint density at radius 2 is 1.79 bits per heavy atom. The van der Waals surface area contributed by atoms with Crippen molar-refractivity contribution in [2.75, 3.05) is 0 Å². The van der Waals surface area contributed by atoms with Crippen LogP contribution in [0.5, 0.6) is 0 Å². The van der Waals surface area contributed by atoms with Crippen LogP contribution in [0, 0.1) is 17.5 Å². The Morgan fingerprint density at radius 3 is 2.44 bits per heavy atom. The molecule has 4 aromatic rings. The number of hydrogen-bond donors (Lipinski definition) is 1. The lowest BCUT2D eigenvalue weighted by molar-refractivity contribution is 0.516. The van der Waals surface area contributed by atoms with Gasteiger partial charge in [-0.15, -0.1) is 0 Å². The van der Waals surface area contributed by atoms with Crippen molar-refractivity contribution in [3.8, 4) is 11.4 Å². The van der Waals surface area contributed by atoms with Gasteiger partial charge in [0.25, 0.3) is 0 Å². The Labute approximate surface area is 197 Å². The minimum Gasteiger partial charge on any atom is -0.402 e. The van der Waals surface area contributed by atoms with E-state index in [2.05, 4.69) is 10.1 Å². The van der Waals surface area contributed by atoms with Crippen LogP contribution >= 0.6 is 11.6 Å². The van der Waals surface area contributed by atoms with Gasteiger partial charge >= 0.3 is 0 Å². The van der Waals surface area contributed by atoms with E-state index in [0.29, 0.717) is 16.4 Å². The summed E-state index contributed by atoms with van der Waals surface area (Å²) in [5.74, 6) is -2.83. The molecule has 0 atom stereocenters. The number of allylic oxidation sites excluding steroid dienone is 2. The van der Waals surface area contributed by atoms with Crippen molar-refractivity contribution in [1.29, 1.82) is 0 Å². The molecule has 10 heteroatoms. The second-order valence-electron chi connectivity index (χ2n) is 7.34. The lowest BCUT2D eigenvalue weighted by atomic mass is 10.2. The van der Waals surface area contributed by atoms with Gasteiger partial charge < -0.3 is 10.3 Å². The van der Waals surface area contributed by atoms with Crippen LogP contribution in [0.3, 0.4) is 0 Å². The average molecular weight is 484 g/mol. The number of nitrogens with zero attached hydrogens (tertiary/aromatic N) is 4. The van der Waals surface area contributed by atoms with Gasteiger partial charge in [-0.05, 0) is 43.3 Å². The third-order valence-electron chi connectivity index (χ3n) is 4.68. The lowest BCUT2D eigenvalue weighted by Gasteiger charge is -2.11. The number of rotatable bonds is 5. The van der Waals surface area contributed by atoms with Crippen LogP contribution in [0.2, 0.25) is 5.02 Å². The summed E-state index contributed by atoms with van der Waals surface area (Å²) in [6.45, 7) is 1.63. The van der Waals surface area contributed by atoms with Crippen LogP contribution in [-0.2, 0) is 0 Å². The van der Waals surface area contributed by atoms with E-state index in [4.69, 9.17) is 17.3 Å². The molecule has 0 amide bonds.